The minimum Gasteiger partial charge on any atom is -0.257 e. The lowest BCUT2D eigenvalue weighted by molar-refractivity contribution is 0.633. The van der Waals surface area contributed by atoms with Gasteiger partial charge < -0.3 is 0 Å². The van der Waals surface area contributed by atoms with E-state index in [1.807, 2.05) is 26.8 Å². The summed E-state index contributed by atoms with van der Waals surface area (Å²) in [7, 11) is -2.98. The first-order valence-electron chi connectivity index (χ1n) is 8.86. The summed E-state index contributed by atoms with van der Waals surface area (Å²) in [5.41, 5.74) is 2.04. The molecule has 0 N–H and O–H groups in total. The Morgan fingerprint density at radius 2 is 1.71 bits per heavy atom. The predicted molar refractivity (Wildman–Crippen MR) is 115 cm³/mol. The van der Waals surface area contributed by atoms with E-state index >= 15 is 4.39 Å². The van der Waals surface area contributed by atoms with Gasteiger partial charge in [0.1, 0.15) is 16.8 Å². The second-order valence-corrected chi connectivity index (χ2v) is 10.8. The summed E-state index contributed by atoms with van der Waals surface area (Å²) < 4.78 is 45.6. The number of hydrogen-bond acceptors (Lipinski definition) is 2. The largest absolute Gasteiger partial charge is 0.257 e. The van der Waals surface area contributed by atoms with Gasteiger partial charge in [0.05, 0.1) is 20.9 Å². The van der Waals surface area contributed by atoms with Crippen LogP contribution in [0.2, 0.25) is 0 Å². The Balaban J connectivity index is 2.11. The fourth-order valence-corrected chi connectivity index (χ4v) is 4.69. The maximum Gasteiger partial charge on any atom is 0.157 e. The lowest BCUT2D eigenvalue weighted by atomic mass is 10.1. The lowest BCUT2D eigenvalue weighted by Crippen LogP contribution is -2.20. The van der Waals surface area contributed by atoms with Crippen molar-refractivity contribution in [2.75, 3.05) is 0 Å². The van der Waals surface area contributed by atoms with Crippen LogP contribution < -0.4 is 0 Å². The van der Waals surface area contributed by atoms with Gasteiger partial charge in [-0.05, 0) is 65.0 Å². The molecular formula is C21H23FN2O2S2. The van der Waals surface area contributed by atoms with Crippen molar-refractivity contribution in [2.45, 2.75) is 44.3 Å². The van der Waals surface area contributed by atoms with E-state index in [2.05, 4.69) is 4.40 Å². The molecule has 2 atom stereocenters. The fraction of sp³-hybridized carbons (Fsp3) is 0.286. The number of aryl methyl sites for hydroxylation is 1. The second kappa shape index (κ2) is 7.72. The zero-order chi connectivity index (χ0) is 20.6. The first kappa shape index (κ1) is 20.6. The molecule has 0 aliphatic rings. The smallest absolute Gasteiger partial charge is 0.157 e. The quantitative estimate of drug-likeness (QED) is 0.564. The Morgan fingerprint density at radius 1 is 1.07 bits per heavy atom. The molecular weight excluding hydrogens is 395 g/mol. The molecule has 0 bridgehead atoms. The average molecular weight is 419 g/mol. The third-order valence-electron chi connectivity index (χ3n) is 4.25. The van der Waals surface area contributed by atoms with Crippen molar-refractivity contribution in [3.63, 3.8) is 0 Å². The van der Waals surface area contributed by atoms with Gasteiger partial charge in [-0.2, -0.15) is 4.40 Å². The van der Waals surface area contributed by atoms with Gasteiger partial charge in [-0.25, -0.2) is 12.8 Å². The zero-order valence-corrected chi connectivity index (χ0v) is 18.2. The number of nitrogens with zero attached hydrogens (tertiary/aromatic N) is 2. The van der Waals surface area contributed by atoms with Crippen LogP contribution in [0.5, 0.6) is 0 Å². The predicted octanol–water partition coefficient (Wildman–Crippen LogP) is 4.93. The summed E-state index contributed by atoms with van der Waals surface area (Å²) in [6.45, 7) is 9.04. The Bertz CT molecular complexity index is 1110. The molecule has 0 saturated heterocycles. The van der Waals surface area contributed by atoms with E-state index in [-0.39, 0.29) is 5.52 Å². The van der Waals surface area contributed by atoms with Crippen LogP contribution in [0.3, 0.4) is 0 Å². The second-order valence-electron chi connectivity index (χ2n) is 7.58. The first-order valence-corrected chi connectivity index (χ1v) is 11.1. The summed E-state index contributed by atoms with van der Waals surface area (Å²) in [6, 6.07) is 13.9. The standard InChI is InChI=1S/C21H23FN2O2S2/c1-14-11-17-12-16(15(2)23-28(26)21(3,4)5)13-19(22)20(17)24(14)27(25)18-9-7-6-8-10-18/h6-13H,1-5H3/t27?,28-/m0/s1. The highest BCUT2D eigenvalue weighted by atomic mass is 32.2. The molecule has 3 aromatic rings. The lowest BCUT2D eigenvalue weighted by Gasteiger charge is -2.14. The Labute approximate surface area is 169 Å². The van der Waals surface area contributed by atoms with Crippen molar-refractivity contribution in [1.29, 1.82) is 0 Å². The minimum absolute atomic E-state index is 0.285. The van der Waals surface area contributed by atoms with E-state index in [4.69, 9.17) is 0 Å². The summed E-state index contributed by atoms with van der Waals surface area (Å²) in [5.74, 6) is -0.485. The molecule has 1 aromatic heterocycles. The number of aromatic nitrogens is 1. The number of halogens is 1. The molecule has 0 aliphatic carbocycles. The van der Waals surface area contributed by atoms with E-state index in [0.717, 1.165) is 0 Å². The van der Waals surface area contributed by atoms with Crippen molar-refractivity contribution < 1.29 is 12.8 Å². The third kappa shape index (κ3) is 4.00. The molecule has 0 fully saturated rings. The van der Waals surface area contributed by atoms with E-state index in [1.54, 1.807) is 50.2 Å². The van der Waals surface area contributed by atoms with Crippen molar-refractivity contribution in [1.82, 2.24) is 3.97 Å². The van der Waals surface area contributed by atoms with Crippen LogP contribution in [-0.2, 0) is 22.0 Å². The van der Waals surface area contributed by atoms with Crippen LogP contribution in [0.1, 0.15) is 39.0 Å². The third-order valence-corrected chi connectivity index (χ3v) is 7.22. The normalized spacial score (nSPS) is 15.0. The topological polar surface area (TPSA) is 51.4 Å². The molecule has 3 rings (SSSR count). The molecule has 2 aromatic carbocycles. The summed E-state index contributed by atoms with van der Waals surface area (Å²) in [4.78, 5) is 0.602. The fourth-order valence-electron chi connectivity index (χ4n) is 2.78. The average Bonchev–Trinajstić information content (AvgIpc) is 2.97. The van der Waals surface area contributed by atoms with Crippen molar-refractivity contribution in [3.8, 4) is 0 Å². The van der Waals surface area contributed by atoms with Crippen LogP contribution >= 0.6 is 0 Å². The van der Waals surface area contributed by atoms with Crippen LogP contribution in [0.4, 0.5) is 4.39 Å². The van der Waals surface area contributed by atoms with E-state index in [1.165, 1.54) is 10.0 Å². The monoisotopic (exact) mass is 418 g/mol. The number of hydrogen-bond donors (Lipinski definition) is 0. The van der Waals surface area contributed by atoms with Crippen molar-refractivity contribution in [2.24, 2.45) is 4.40 Å². The molecule has 0 aliphatic heterocycles. The Hall–Kier alpha value is -2.12. The summed E-state index contributed by atoms with van der Waals surface area (Å²) >= 11 is 0. The number of rotatable bonds is 4. The SMILES string of the molecule is CC(=N[S@@](=O)C(C)(C)C)c1cc(F)c2c(c1)cc(C)n2S(=O)c1ccccc1. The molecule has 1 heterocycles. The van der Waals surface area contributed by atoms with Gasteiger partial charge in [0, 0.05) is 16.6 Å². The highest BCUT2D eigenvalue weighted by molar-refractivity contribution is 7.85. The molecule has 28 heavy (non-hydrogen) atoms. The van der Waals surface area contributed by atoms with E-state index < -0.39 is 32.5 Å². The number of fused-ring (bicyclic) bond motifs is 1. The summed E-state index contributed by atoms with van der Waals surface area (Å²) in [5, 5.41) is 0.632. The summed E-state index contributed by atoms with van der Waals surface area (Å²) in [6.07, 6.45) is 0. The van der Waals surface area contributed by atoms with Crippen molar-refractivity contribution >= 4 is 38.6 Å². The number of benzene rings is 2. The molecule has 0 radical (unpaired) electrons. The van der Waals surface area contributed by atoms with Crippen LogP contribution in [0.25, 0.3) is 10.9 Å². The Morgan fingerprint density at radius 3 is 2.32 bits per heavy atom. The molecule has 0 spiro atoms. The molecule has 4 nitrogen and oxygen atoms in total. The Kier molecular flexibility index (Phi) is 5.68. The molecule has 7 heteroatoms. The van der Waals surface area contributed by atoms with Crippen LogP contribution in [0.15, 0.2) is 57.8 Å². The minimum atomic E-state index is -1.55. The van der Waals surface area contributed by atoms with Gasteiger partial charge in [0.2, 0.25) is 0 Å². The molecule has 0 amide bonds. The molecule has 148 valence electrons. The molecule has 0 saturated carbocycles. The maximum atomic E-state index is 15.0. The zero-order valence-electron chi connectivity index (χ0n) is 16.5. The van der Waals surface area contributed by atoms with Crippen LogP contribution in [0, 0.1) is 12.7 Å². The first-order chi connectivity index (χ1) is 13.1. The van der Waals surface area contributed by atoms with Gasteiger partial charge in [0.15, 0.2) is 11.0 Å². The van der Waals surface area contributed by atoms with Crippen LogP contribution in [-0.4, -0.2) is 22.8 Å². The highest BCUT2D eigenvalue weighted by Crippen LogP contribution is 2.27. The van der Waals surface area contributed by atoms with Gasteiger partial charge in [-0.1, -0.05) is 18.2 Å². The van der Waals surface area contributed by atoms with E-state index in [9.17, 15) is 8.42 Å². The van der Waals surface area contributed by atoms with Gasteiger partial charge in [-0.15, -0.1) is 0 Å². The van der Waals surface area contributed by atoms with Gasteiger partial charge in [0.25, 0.3) is 0 Å². The molecule has 1 unspecified atom stereocenters. The van der Waals surface area contributed by atoms with E-state index in [0.29, 0.717) is 27.3 Å². The highest BCUT2D eigenvalue weighted by Gasteiger charge is 2.21. The van der Waals surface area contributed by atoms with Crippen molar-refractivity contribution in [3.05, 3.63) is 65.6 Å². The van der Waals surface area contributed by atoms with Gasteiger partial charge in [-0.3, -0.25) is 3.97 Å². The van der Waals surface area contributed by atoms with Gasteiger partial charge >= 0.3 is 0 Å². The maximum absolute atomic E-state index is 15.0.